The normalized spacial score (nSPS) is 35.7. The van der Waals surface area contributed by atoms with Crippen LogP contribution in [0.3, 0.4) is 0 Å². The van der Waals surface area contributed by atoms with Crippen molar-refractivity contribution in [2.45, 2.75) is 13.0 Å². The molecule has 0 aliphatic carbocycles. The molecule has 3 atom stereocenters. The number of likely N-dealkylation sites (tertiary alicyclic amines) is 1. The molecule has 0 amide bonds. The summed E-state index contributed by atoms with van der Waals surface area (Å²) in [6, 6.07) is 0.381. The first-order valence-electron chi connectivity index (χ1n) is 5.28. The zero-order valence-electron chi connectivity index (χ0n) is 8.61. The number of nitrogens with zero attached hydrogens (tertiary/aromatic N) is 1. The summed E-state index contributed by atoms with van der Waals surface area (Å²) >= 11 is 0. The molecule has 2 aliphatic heterocycles. The Kier molecular flexibility index (Phi) is 2.85. The van der Waals surface area contributed by atoms with Crippen molar-refractivity contribution in [2.24, 2.45) is 17.6 Å². The van der Waals surface area contributed by atoms with Crippen molar-refractivity contribution in [1.29, 1.82) is 0 Å². The van der Waals surface area contributed by atoms with Crippen LogP contribution in [0.5, 0.6) is 0 Å². The van der Waals surface area contributed by atoms with Gasteiger partial charge < -0.3 is 10.5 Å². The van der Waals surface area contributed by atoms with Gasteiger partial charge in [-0.2, -0.15) is 0 Å². The fraction of sp³-hybridized carbons (Fsp3) is 0.900. The highest BCUT2D eigenvalue weighted by atomic mass is 16.5. The highest BCUT2D eigenvalue weighted by Crippen LogP contribution is 2.24. The van der Waals surface area contributed by atoms with Crippen LogP contribution >= 0.6 is 0 Å². The molecule has 0 saturated carbocycles. The Morgan fingerprint density at radius 2 is 2.07 bits per heavy atom. The standard InChI is InChI=1S/C10H18N2O2/c1-7(2-11)12-3-8-5-14-6-9(4-12)10(8)13/h7-9H,2-6,11H2,1H3. The molecule has 3 unspecified atom stereocenters. The topological polar surface area (TPSA) is 55.6 Å². The molecule has 2 bridgehead atoms. The van der Waals surface area contributed by atoms with Crippen molar-refractivity contribution in [2.75, 3.05) is 32.8 Å². The van der Waals surface area contributed by atoms with E-state index in [1.54, 1.807) is 0 Å². The summed E-state index contributed by atoms with van der Waals surface area (Å²) in [4.78, 5) is 14.0. The first kappa shape index (κ1) is 10.1. The highest BCUT2D eigenvalue weighted by Gasteiger charge is 2.39. The van der Waals surface area contributed by atoms with Crippen LogP contribution in [0.1, 0.15) is 6.92 Å². The number of rotatable bonds is 2. The number of carbonyl (C=O) groups excluding carboxylic acids is 1. The number of ether oxygens (including phenoxy) is 1. The Balaban J connectivity index is 2.03. The Morgan fingerprint density at radius 3 is 2.57 bits per heavy atom. The van der Waals surface area contributed by atoms with Gasteiger partial charge in [0, 0.05) is 25.7 Å². The first-order valence-corrected chi connectivity index (χ1v) is 5.28. The molecular formula is C10H18N2O2. The second kappa shape index (κ2) is 3.96. The van der Waals surface area contributed by atoms with Crippen LogP contribution in [-0.2, 0) is 9.53 Å². The van der Waals surface area contributed by atoms with Crippen LogP contribution in [0, 0.1) is 11.8 Å². The van der Waals surface area contributed by atoms with Crippen molar-refractivity contribution >= 4 is 5.78 Å². The smallest absolute Gasteiger partial charge is 0.146 e. The van der Waals surface area contributed by atoms with Gasteiger partial charge in [-0.05, 0) is 6.92 Å². The van der Waals surface area contributed by atoms with Crippen molar-refractivity contribution in [3.63, 3.8) is 0 Å². The van der Waals surface area contributed by atoms with Crippen molar-refractivity contribution in [3.05, 3.63) is 0 Å². The van der Waals surface area contributed by atoms with Crippen molar-refractivity contribution in [1.82, 2.24) is 4.90 Å². The third-order valence-corrected chi connectivity index (χ3v) is 3.32. The van der Waals surface area contributed by atoms with Crippen LogP contribution in [0.25, 0.3) is 0 Å². The molecule has 2 N–H and O–H groups in total. The van der Waals surface area contributed by atoms with Gasteiger partial charge in [-0.1, -0.05) is 0 Å². The maximum absolute atomic E-state index is 11.7. The molecule has 4 heteroatoms. The molecule has 14 heavy (non-hydrogen) atoms. The van der Waals surface area contributed by atoms with Crippen LogP contribution in [-0.4, -0.2) is 49.6 Å². The second-order valence-electron chi connectivity index (χ2n) is 4.37. The van der Waals surface area contributed by atoms with E-state index in [2.05, 4.69) is 11.8 Å². The molecule has 0 aromatic rings. The minimum absolute atomic E-state index is 0.0940. The Hall–Kier alpha value is -0.450. The van der Waals surface area contributed by atoms with E-state index in [0.29, 0.717) is 31.6 Å². The average molecular weight is 198 g/mol. The Labute approximate surface area is 84.4 Å². The van der Waals surface area contributed by atoms with E-state index in [1.165, 1.54) is 0 Å². The van der Waals surface area contributed by atoms with Gasteiger partial charge in [0.15, 0.2) is 0 Å². The minimum atomic E-state index is 0.0940. The van der Waals surface area contributed by atoms with E-state index in [0.717, 1.165) is 13.1 Å². The molecule has 4 nitrogen and oxygen atoms in total. The van der Waals surface area contributed by atoms with Gasteiger partial charge in [-0.25, -0.2) is 0 Å². The molecule has 80 valence electrons. The summed E-state index contributed by atoms with van der Waals surface area (Å²) in [6.45, 7) is 5.63. The molecule has 0 aromatic heterocycles. The number of ketones is 1. The van der Waals surface area contributed by atoms with Crippen LogP contribution in [0.2, 0.25) is 0 Å². The van der Waals surface area contributed by atoms with Gasteiger partial charge in [0.05, 0.1) is 25.0 Å². The number of fused-ring (bicyclic) bond motifs is 2. The zero-order chi connectivity index (χ0) is 10.1. The molecule has 0 radical (unpaired) electrons. The van der Waals surface area contributed by atoms with E-state index >= 15 is 0 Å². The average Bonchev–Trinajstić information content (AvgIpc) is 2.16. The third-order valence-electron chi connectivity index (χ3n) is 3.32. The summed E-state index contributed by atoms with van der Waals surface area (Å²) in [5, 5.41) is 0. The number of hydrogen-bond donors (Lipinski definition) is 1. The van der Waals surface area contributed by atoms with Crippen LogP contribution < -0.4 is 5.73 Å². The summed E-state index contributed by atoms with van der Waals surface area (Å²) in [6.07, 6.45) is 0. The molecule has 2 rings (SSSR count). The van der Waals surface area contributed by atoms with Crippen molar-refractivity contribution in [3.8, 4) is 0 Å². The first-order chi connectivity index (χ1) is 6.72. The zero-order valence-corrected chi connectivity index (χ0v) is 8.61. The monoisotopic (exact) mass is 198 g/mol. The largest absolute Gasteiger partial charge is 0.380 e. The summed E-state index contributed by atoms with van der Waals surface area (Å²) in [7, 11) is 0. The lowest BCUT2D eigenvalue weighted by molar-refractivity contribution is -0.145. The van der Waals surface area contributed by atoms with Crippen molar-refractivity contribution < 1.29 is 9.53 Å². The van der Waals surface area contributed by atoms with E-state index in [-0.39, 0.29) is 11.8 Å². The fourth-order valence-electron chi connectivity index (χ4n) is 2.29. The fourth-order valence-corrected chi connectivity index (χ4v) is 2.29. The lowest BCUT2D eigenvalue weighted by Gasteiger charge is -2.42. The van der Waals surface area contributed by atoms with Crippen LogP contribution in [0.15, 0.2) is 0 Å². The van der Waals surface area contributed by atoms with Gasteiger partial charge in [-0.3, -0.25) is 9.69 Å². The number of piperidine rings is 1. The summed E-state index contributed by atoms with van der Waals surface area (Å²) in [5.74, 6) is 0.588. The Morgan fingerprint density at radius 1 is 1.50 bits per heavy atom. The quantitative estimate of drug-likeness (QED) is 0.649. The Bertz CT molecular complexity index is 216. The highest BCUT2D eigenvalue weighted by molar-refractivity contribution is 5.85. The maximum Gasteiger partial charge on any atom is 0.146 e. The molecule has 2 fully saturated rings. The molecule has 2 saturated heterocycles. The van der Waals surface area contributed by atoms with E-state index in [4.69, 9.17) is 10.5 Å². The molecule has 2 aliphatic rings. The SMILES string of the molecule is CC(CN)N1CC2COCC(C1)C2=O. The number of carbonyl (C=O) groups is 1. The summed E-state index contributed by atoms with van der Waals surface area (Å²) in [5.41, 5.74) is 5.63. The van der Waals surface area contributed by atoms with E-state index in [1.807, 2.05) is 0 Å². The number of nitrogens with two attached hydrogens (primary N) is 1. The van der Waals surface area contributed by atoms with Crippen LogP contribution in [0.4, 0.5) is 0 Å². The predicted octanol–water partition coefficient (Wildman–Crippen LogP) is -0.519. The summed E-state index contributed by atoms with van der Waals surface area (Å²) < 4.78 is 5.39. The second-order valence-corrected chi connectivity index (χ2v) is 4.37. The number of hydrogen-bond acceptors (Lipinski definition) is 4. The van der Waals surface area contributed by atoms with Gasteiger partial charge in [-0.15, -0.1) is 0 Å². The molecule has 2 heterocycles. The predicted molar refractivity (Wildman–Crippen MR) is 52.9 cm³/mol. The third kappa shape index (κ3) is 1.69. The van der Waals surface area contributed by atoms with Gasteiger partial charge >= 0.3 is 0 Å². The molecule has 0 spiro atoms. The van der Waals surface area contributed by atoms with Gasteiger partial charge in [0.25, 0.3) is 0 Å². The maximum atomic E-state index is 11.7. The lowest BCUT2D eigenvalue weighted by atomic mass is 9.86. The lowest BCUT2D eigenvalue weighted by Crippen LogP contribution is -2.56. The molecular weight excluding hydrogens is 180 g/mol. The van der Waals surface area contributed by atoms with Gasteiger partial charge in [0.2, 0.25) is 0 Å². The van der Waals surface area contributed by atoms with E-state index < -0.39 is 0 Å². The minimum Gasteiger partial charge on any atom is -0.380 e. The number of Topliss-reactive ketones (excluding diaryl/α,β-unsaturated/α-hetero) is 1. The van der Waals surface area contributed by atoms with Gasteiger partial charge in [0.1, 0.15) is 5.78 Å². The van der Waals surface area contributed by atoms with E-state index in [9.17, 15) is 4.79 Å². The molecule has 0 aromatic carbocycles.